The van der Waals surface area contributed by atoms with Crippen LogP contribution in [0, 0.1) is 0 Å². The van der Waals surface area contributed by atoms with Crippen molar-refractivity contribution in [2.45, 2.75) is 43.6 Å². The van der Waals surface area contributed by atoms with Crippen molar-refractivity contribution in [2.24, 2.45) is 0 Å². The number of carbonyl (C=O) groups is 1. The van der Waals surface area contributed by atoms with E-state index >= 15 is 0 Å². The van der Waals surface area contributed by atoms with Crippen molar-refractivity contribution < 1.29 is 19.0 Å². The van der Waals surface area contributed by atoms with Gasteiger partial charge in [0.15, 0.2) is 0 Å². The van der Waals surface area contributed by atoms with E-state index in [9.17, 15) is 4.79 Å². The van der Waals surface area contributed by atoms with Crippen molar-refractivity contribution in [3.8, 4) is 11.5 Å². The second kappa shape index (κ2) is 10.2. The zero-order chi connectivity index (χ0) is 23.3. The Balaban J connectivity index is 1.32. The number of carbonyl (C=O) groups excluding carboxylic acids is 1. The van der Waals surface area contributed by atoms with Crippen LogP contribution < -0.4 is 14.8 Å². The fraction of sp³-hybridized carbons (Fsp3) is 0.345. The molecule has 3 unspecified atom stereocenters. The molecule has 0 radical (unpaired) electrons. The Morgan fingerprint density at radius 3 is 2.50 bits per heavy atom. The molecular formula is C29H31NO4. The van der Waals surface area contributed by atoms with Gasteiger partial charge in [0.1, 0.15) is 17.6 Å². The zero-order valence-electron chi connectivity index (χ0n) is 19.5. The van der Waals surface area contributed by atoms with Crippen molar-refractivity contribution in [3.05, 3.63) is 95.1 Å². The van der Waals surface area contributed by atoms with E-state index in [2.05, 4.69) is 78.1 Å². The third-order valence-corrected chi connectivity index (χ3v) is 6.97. The summed E-state index contributed by atoms with van der Waals surface area (Å²) >= 11 is 0. The van der Waals surface area contributed by atoms with Crippen LogP contribution in [0.15, 0.2) is 72.8 Å². The van der Waals surface area contributed by atoms with Crippen LogP contribution in [-0.2, 0) is 11.2 Å². The van der Waals surface area contributed by atoms with Crippen LogP contribution in [0.1, 0.15) is 53.4 Å². The summed E-state index contributed by atoms with van der Waals surface area (Å²) in [6, 6.07) is 25.9. The average molecular weight is 458 g/mol. The van der Waals surface area contributed by atoms with Gasteiger partial charge in [0.2, 0.25) is 0 Å². The minimum atomic E-state index is -0.321. The maximum absolute atomic E-state index is 11.1. The molecule has 1 fully saturated rings. The zero-order valence-corrected chi connectivity index (χ0v) is 19.5. The van der Waals surface area contributed by atoms with Gasteiger partial charge in [-0.05, 0) is 78.1 Å². The second-order valence-corrected chi connectivity index (χ2v) is 9.07. The van der Waals surface area contributed by atoms with Crippen LogP contribution in [0.5, 0.6) is 11.5 Å². The minimum Gasteiger partial charge on any atom is -0.497 e. The van der Waals surface area contributed by atoms with E-state index in [1.807, 2.05) is 0 Å². The molecular weight excluding hydrogens is 426 g/mol. The molecule has 3 aromatic rings. The molecule has 34 heavy (non-hydrogen) atoms. The monoisotopic (exact) mass is 457 g/mol. The van der Waals surface area contributed by atoms with E-state index in [4.69, 9.17) is 14.2 Å². The Morgan fingerprint density at radius 1 is 0.971 bits per heavy atom. The predicted molar refractivity (Wildman–Crippen MR) is 132 cm³/mol. The van der Waals surface area contributed by atoms with Gasteiger partial charge in [-0.2, -0.15) is 0 Å². The molecule has 1 aliphatic carbocycles. The van der Waals surface area contributed by atoms with E-state index in [1.54, 1.807) is 7.11 Å². The molecule has 176 valence electrons. The molecule has 1 saturated heterocycles. The molecule has 3 atom stereocenters. The van der Waals surface area contributed by atoms with Gasteiger partial charge in [-0.3, -0.25) is 0 Å². The predicted octanol–water partition coefficient (Wildman–Crippen LogP) is 5.82. The molecule has 5 nitrogen and oxygen atoms in total. The number of hydrogen-bond acceptors (Lipinski definition) is 4. The first-order chi connectivity index (χ1) is 16.7. The number of aryl methyl sites for hydroxylation is 1. The highest BCUT2D eigenvalue weighted by Crippen LogP contribution is 2.47. The maximum atomic E-state index is 11.1. The molecule has 0 bridgehead atoms. The van der Waals surface area contributed by atoms with Crippen LogP contribution in [0.4, 0.5) is 4.79 Å². The van der Waals surface area contributed by atoms with E-state index in [-0.39, 0.29) is 18.1 Å². The minimum absolute atomic E-state index is 0.0432. The van der Waals surface area contributed by atoms with Crippen LogP contribution >= 0.6 is 0 Å². The number of rotatable bonds is 8. The highest BCUT2D eigenvalue weighted by atomic mass is 16.6. The second-order valence-electron chi connectivity index (χ2n) is 9.07. The molecule has 1 heterocycles. The van der Waals surface area contributed by atoms with Crippen LogP contribution in [0.3, 0.4) is 0 Å². The first-order valence-corrected chi connectivity index (χ1v) is 12.1. The summed E-state index contributed by atoms with van der Waals surface area (Å²) in [6.45, 7) is 1.19. The van der Waals surface area contributed by atoms with E-state index in [0.29, 0.717) is 19.1 Å². The molecule has 1 amide bonds. The average Bonchev–Trinajstić information content (AvgIpc) is 3.31. The van der Waals surface area contributed by atoms with Gasteiger partial charge in [-0.15, -0.1) is 0 Å². The van der Waals surface area contributed by atoms with Gasteiger partial charge in [0, 0.05) is 5.92 Å². The Bertz CT molecular complexity index is 1110. The number of fused-ring (bicyclic) bond motifs is 1. The maximum Gasteiger partial charge on any atom is 0.407 e. The summed E-state index contributed by atoms with van der Waals surface area (Å²) < 4.78 is 16.6. The number of ether oxygens (including phenoxy) is 3. The lowest BCUT2D eigenvalue weighted by Crippen LogP contribution is -2.20. The number of hydrogen-bond donors (Lipinski definition) is 1. The third-order valence-electron chi connectivity index (χ3n) is 6.97. The SMILES string of the molecule is COc1ccc2c(c1)CCC(c1ccccc1)C2c1ccc(OCCCC2CNC(=O)O2)cc1. The Hall–Kier alpha value is -3.47. The topological polar surface area (TPSA) is 56.8 Å². The fourth-order valence-corrected chi connectivity index (χ4v) is 5.26. The summed E-state index contributed by atoms with van der Waals surface area (Å²) in [5.41, 5.74) is 5.45. The summed E-state index contributed by atoms with van der Waals surface area (Å²) in [4.78, 5) is 11.1. The quantitative estimate of drug-likeness (QED) is 0.433. The van der Waals surface area contributed by atoms with E-state index in [1.165, 1.54) is 22.3 Å². The fourth-order valence-electron chi connectivity index (χ4n) is 5.26. The van der Waals surface area contributed by atoms with E-state index in [0.717, 1.165) is 37.2 Å². The first-order valence-electron chi connectivity index (χ1n) is 12.1. The van der Waals surface area contributed by atoms with Gasteiger partial charge in [0.05, 0.1) is 20.3 Å². The van der Waals surface area contributed by atoms with Crippen LogP contribution in [0.2, 0.25) is 0 Å². The summed E-state index contributed by atoms with van der Waals surface area (Å²) in [5.74, 6) is 2.50. The Kier molecular flexibility index (Phi) is 6.70. The van der Waals surface area contributed by atoms with Gasteiger partial charge in [-0.25, -0.2) is 4.79 Å². The number of cyclic esters (lactones) is 1. The van der Waals surface area contributed by atoms with Crippen molar-refractivity contribution >= 4 is 6.09 Å². The highest BCUT2D eigenvalue weighted by Gasteiger charge is 2.32. The van der Waals surface area contributed by atoms with Crippen molar-refractivity contribution in [2.75, 3.05) is 20.3 Å². The number of benzene rings is 3. The van der Waals surface area contributed by atoms with Crippen molar-refractivity contribution in [1.29, 1.82) is 0 Å². The third kappa shape index (κ3) is 4.89. The Morgan fingerprint density at radius 2 is 1.76 bits per heavy atom. The summed E-state index contributed by atoms with van der Waals surface area (Å²) in [5, 5.41) is 2.69. The molecule has 3 aromatic carbocycles. The number of nitrogens with one attached hydrogen (secondary N) is 1. The largest absolute Gasteiger partial charge is 0.497 e. The highest BCUT2D eigenvalue weighted by molar-refractivity contribution is 5.69. The van der Waals surface area contributed by atoms with Gasteiger partial charge < -0.3 is 19.5 Å². The van der Waals surface area contributed by atoms with Gasteiger partial charge in [0.25, 0.3) is 0 Å². The van der Waals surface area contributed by atoms with Gasteiger partial charge in [-0.1, -0.05) is 48.5 Å². The molecule has 2 aliphatic rings. The smallest absolute Gasteiger partial charge is 0.407 e. The van der Waals surface area contributed by atoms with Crippen LogP contribution in [0.25, 0.3) is 0 Å². The summed E-state index contributed by atoms with van der Waals surface area (Å²) in [6.07, 6.45) is 3.44. The normalized spacial score (nSPS) is 21.3. The van der Waals surface area contributed by atoms with Gasteiger partial charge >= 0.3 is 6.09 Å². The van der Waals surface area contributed by atoms with Crippen LogP contribution in [-0.4, -0.2) is 32.5 Å². The number of amides is 1. The molecule has 0 spiro atoms. The lowest BCUT2D eigenvalue weighted by atomic mass is 9.69. The molecule has 5 heteroatoms. The molecule has 0 saturated carbocycles. The number of methoxy groups -OCH3 is 1. The standard InChI is InChI=1S/C29H31NO4/c1-32-24-14-16-27-22(18-24)11-15-26(20-6-3-2-4-7-20)28(27)21-9-12-23(13-10-21)33-17-5-8-25-19-30-29(31)34-25/h2-4,6-7,9-10,12-14,16,18,25-26,28H,5,8,11,15,17,19H2,1H3,(H,30,31). The number of alkyl carbamates (subject to hydrolysis) is 1. The lowest BCUT2D eigenvalue weighted by molar-refractivity contribution is 0.131. The molecule has 5 rings (SSSR count). The lowest BCUT2D eigenvalue weighted by Gasteiger charge is -2.35. The molecule has 1 aliphatic heterocycles. The molecule has 1 N–H and O–H groups in total. The first kappa shape index (κ1) is 22.3. The summed E-state index contributed by atoms with van der Waals surface area (Å²) in [7, 11) is 1.73. The Labute approximate surface area is 201 Å². The van der Waals surface area contributed by atoms with Crippen molar-refractivity contribution in [3.63, 3.8) is 0 Å². The molecule has 0 aromatic heterocycles. The van der Waals surface area contributed by atoms with E-state index < -0.39 is 0 Å². The van der Waals surface area contributed by atoms with Crippen molar-refractivity contribution in [1.82, 2.24) is 5.32 Å².